The number of hydrogen-bond donors (Lipinski definition) is 1. The molecule has 0 bridgehead atoms. The van der Waals surface area contributed by atoms with Crippen LogP contribution >= 0.6 is 11.3 Å². The highest BCUT2D eigenvalue weighted by Gasteiger charge is 2.67. The molecule has 154 valence electrons. The maximum atomic E-state index is 12.7. The molecule has 4 rings (SSSR count). The smallest absolute Gasteiger partial charge is 0.324 e. The lowest BCUT2D eigenvalue weighted by atomic mass is 9.75. The lowest BCUT2D eigenvalue weighted by Gasteiger charge is -2.20. The molecule has 0 saturated carbocycles. The largest absolute Gasteiger partial charge is 0.494 e. The fourth-order valence-corrected chi connectivity index (χ4v) is 4.95. The number of rotatable bonds is 5. The Morgan fingerprint density at radius 2 is 1.79 bits per heavy atom. The van der Waals surface area contributed by atoms with Gasteiger partial charge in [-0.3, -0.25) is 9.59 Å². The maximum absolute atomic E-state index is 12.7. The van der Waals surface area contributed by atoms with E-state index in [0.29, 0.717) is 23.9 Å². The van der Waals surface area contributed by atoms with Gasteiger partial charge in [-0.2, -0.15) is 0 Å². The van der Waals surface area contributed by atoms with Crippen LogP contribution in [0.5, 0.6) is 5.75 Å². The summed E-state index contributed by atoms with van der Waals surface area (Å²) >= 11 is 1.42. The predicted molar refractivity (Wildman–Crippen MR) is 108 cm³/mol. The summed E-state index contributed by atoms with van der Waals surface area (Å²) in [5.41, 5.74) is -1.39. The van der Waals surface area contributed by atoms with E-state index in [9.17, 15) is 9.59 Å². The summed E-state index contributed by atoms with van der Waals surface area (Å²) in [4.78, 5) is 29.8. The minimum atomic E-state index is -1.25. The number of cyclic esters (lactones) is 2. The molecule has 2 saturated heterocycles. The molecule has 2 fully saturated rings. The van der Waals surface area contributed by atoms with Crippen molar-refractivity contribution in [2.45, 2.75) is 51.7 Å². The lowest BCUT2D eigenvalue weighted by molar-refractivity contribution is -0.161. The van der Waals surface area contributed by atoms with Crippen LogP contribution in [0.3, 0.4) is 0 Å². The summed E-state index contributed by atoms with van der Waals surface area (Å²) in [7, 11) is 0. The summed E-state index contributed by atoms with van der Waals surface area (Å²) in [6, 6.07) is 7.60. The SMILES string of the molecule is CCOc1ccc(Nc2nc([C@]3(C)C[C@@]4(CC(C)(C)OC4=O)C(=O)O3)cs2)cc1. The van der Waals surface area contributed by atoms with E-state index in [2.05, 4.69) is 10.3 Å². The Labute approximate surface area is 173 Å². The Kier molecular flexibility index (Phi) is 4.57. The number of nitrogens with one attached hydrogen (secondary N) is 1. The molecule has 0 aliphatic carbocycles. The molecule has 2 aliphatic rings. The van der Waals surface area contributed by atoms with Crippen LogP contribution < -0.4 is 10.1 Å². The monoisotopic (exact) mass is 416 g/mol. The molecule has 2 atom stereocenters. The van der Waals surface area contributed by atoms with E-state index in [1.54, 1.807) is 6.92 Å². The van der Waals surface area contributed by atoms with Crippen LogP contribution in [0.25, 0.3) is 0 Å². The first-order chi connectivity index (χ1) is 13.7. The van der Waals surface area contributed by atoms with E-state index in [1.807, 2.05) is 50.4 Å². The first-order valence-electron chi connectivity index (χ1n) is 9.59. The maximum Gasteiger partial charge on any atom is 0.324 e. The lowest BCUT2D eigenvalue weighted by Crippen LogP contribution is -2.32. The number of ether oxygens (including phenoxy) is 3. The van der Waals surface area contributed by atoms with E-state index in [1.165, 1.54) is 11.3 Å². The van der Waals surface area contributed by atoms with Gasteiger partial charge in [0.2, 0.25) is 0 Å². The number of aromatic nitrogens is 1. The third-order valence-corrected chi connectivity index (χ3v) is 6.06. The van der Waals surface area contributed by atoms with Crippen LogP contribution in [-0.2, 0) is 24.7 Å². The molecule has 1 spiro atoms. The topological polar surface area (TPSA) is 86.8 Å². The molecule has 1 aromatic carbocycles. The molecule has 8 heteroatoms. The van der Waals surface area contributed by atoms with Crippen molar-refractivity contribution in [1.29, 1.82) is 0 Å². The van der Waals surface area contributed by atoms with Crippen LogP contribution in [0.4, 0.5) is 10.8 Å². The van der Waals surface area contributed by atoms with Gasteiger partial charge in [-0.25, -0.2) is 4.98 Å². The van der Waals surface area contributed by atoms with Crippen LogP contribution in [0.15, 0.2) is 29.6 Å². The molecule has 0 amide bonds. The zero-order valence-corrected chi connectivity index (χ0v) is 17.7. The zero-order valence-electron chi connectivity index (χ0n) is 16.9. The first kappa shape index (κ1) is 19.7. The highest BCUT2D eigenvalue weighted by Crippen LogP contribution is 2.54. The number of thiazole rings is 1. The number of nitrogens with zero attached hydrogens (tertiary/aromatic N) is 1. The number of hydrogen-bond acceptors (Lipinski definition) is 8. The normalized spacial score (nSPS) is 27.7. The Morgan fingerprint density at radius 1 is 1.10 bits per heavy atom. The highest BCUT2D eigenvalue weighted by molar-refractivity contribution is 7.13. The fraction of sp³-hybridized carbons (Fsp3) is 0.476. The van der Waals surface area contributed by atoms with Crippen LogP contribution in [0.2, 0.25) is 0 Å². The van der Waals surface area contributed by atoms with Crippen molar-refractivity contribution in [2.24, 2.45) is 5.41 Å². The van der Waals surface area contributed by atoms with Gasteiger partial charge in [-0.15, -0.1) is 11.3 Å². The molecule has 1 N–H and O–H groups in total. The highest BCUT2D eigenvalue weighted by atomic mass is 32.1. The Bertz CT molecular complexity index is 954. The predicted octanol–water partition coefficient (Wildman–Crippen LogP) is 4.16. The number of anilines is 2. The number of carbonyl (C=O) groups excluding carboxylic acids is 2. The summed E-state index contributed by atoms with van der Waals surface area (Å²) in [6.45, 7) is 7.98. The summed E-state index contributed by atoms with van der Waals surface area (Å²) in [5, 5.41) is 5.78. The third-order valence-electron chi connectivity index (χ3n) is 5.30. The average Bonchev–Trinajstić information content (AvgIpc) is 3.27. The molecule has 1 aromatic heterocycles. The Morgan fingerprint density at radius 3 is 2.41 bits per heavy atom. The molecule has 7 nitrogen and oxygen atoms in total. The molecule has 0 radical (unpaired) electrons. The summed E-state index contributed by atoms with van der Waals surface area (Å²) in [6.07, 6.45) is 0.544. The van der Waals surface area contributed by atoms with E-state index < -0.39 is 28.6 Å². The second kappa shape index (κ2) is 6.73. The molecule has 2 aliphatic heterocycles. The van der Waals surface area contributed by atoms with Gasteiger partial charge in [0, 0.05) is 23.9 Å². The van der Waals surface area contributed by atoms with Gasteiger partial charge in [0.15, 0.2) is 16.1 Å². The van der Waals surface area contributed by atoms with E-state index >= 15 is 0 Å². The summed E-state index contributed by atoms with van der Waals surface area (Å²) < 4.78 is 16.6. The van der Waals surface area contributed by atoms with Crippen LogP contribution in [0, 0.1) is 5.41 Å². The van der Waals surface area contributed by atoms with Crippen molar-refractivity contribution in [2.75, 3.05) is 11.9 Å². The van der Waals surface area contributed by atoms with Crippen molar-refractivity contribution in [3.05, 3.63) is 35.3 Å². The van der Waals surface area contributed by atoms with E-state index in [0.717, 1.165) is 11.4 Å². The molecule has 2 aromatic rings. The quantitative estimate of drug-likeness (QED) is 0.578. The van der Waals surface area contributed by atoms with Crippen molar-refractivity contribution in [3.8, 4) is 5.75 Å². The van der Waals surface area contributed by atoms with Crippen LogP contribution in [0.1, 0.15) is 46.2 Å². The van der Waals surface area contributed by atoms with Crippen molar-refractivity contribution >= 4 is 34.1 Å². The molecule has 29 heavy (non-hydrogen) atoms. The van der Waals surface area contributed by atoms with Gasteiger partial charge in [-0.1, -0.05) is 0 Å². The second-order valence-electron chi connectivity index (χ2n) is 8.33. The van der Waals surface area contributed by atoms with Crippen molar-refractivity contribution in [1.82, 2.24) is 4.98 Å². The minimum Gasteiger partial charge on any atom is -0.494 e. The van der Waals surface area contributed by atoms with Crippen molar-refractivity contribution in [3.63, 3.8) is 0 Å². The third kappa shape index (κ3) is 3.46. The van der Waals surface area contributed by atoms with E-state index in [4.69, 9.17) is 14.2 Å². The van der Waals surface area contributed by atoms with Crippen LogP contribution in [-0.4, -0.2) is 29.1 Å². The zero-order chi connectivity index (χ0) is 20.9. The van der Waals surface area contributed by atoms with Gasteiger partial charge in [-0.05, 0) is 52.0 Å². The van der Waals surface area contributed by atoms with Gasteiger partial charge < -0.3 is 19.5 Å². The van der Waals surface area contributed by atoms with Gasteiger partial charge in [0.25, 0.3) is 0 Å². The standard InChI is InChI=1S/C21H24N2O5S/c1-5-26-14-8-6-13(7-9-14)22-18-23-15(10-29-18)20(4)12-21(17(25)28-20)11-19(2,3)27-16(21)24/h6-10H,5,11-12H2,1-4H3,(H,22,23)/t20-,21+/m0/s1. The first-order valence-corrected chi connectivity index (χ1v) is 10.5. The summed E-state index contributed by atoms with van der Waals surface area (Å²) in [5.74, 6) is -0.219. The number of esters is 2. The Balaban J connectivity index is 1.52. The molecule has 3 heterocycles. The second-order valence-corrected chi connectivity index (χ2v) is 9.18. The molecular weight excluding hydrogens is 392 g/mol. The molecular formula is C21H24N2O5S. The van der Waals surface area contributed by atoms with Crippen molar-refractivity contribution < 1.29 is 23.8 Å². The average molecular weight is 416 g/mol. The molecule has 0 unspecified atom stereocenters. The van der Waals surface area contributed by atoms with Gasteiger partial charge in [0.1, 0.15) is 11.4 Å². The number of benzene rings is 1. The number of carbonyl (C=O) groups is 2. The fourth-order valence-electron chi connectivity index (χ4n) is 4.10. The minimum absolute atomic E-state index is 0.229. The van der Waals surface area contributed by atoms with E-state index in [-0.39, 0.29) is 6.42 Å². The van der Waals surface area contributed by atoms with Gasteiger partial charge in [0.05, 0.1) is 12.3 Å². The van der Waals surface area contributed by atoms with Gasteiger partial charge >= 0.3 is 11.9 Å². The Hall–Kier alpha value is -2.61.